The van der Waals surface area contributed by atoms with Crippen molar-refractivity contribution in [3.63, 3.8) is 0 Å². The second kappa shape index (κ2) is 9.71. The van der Waals surface area contributed by atoms with Crippen LogP contribution in [-0.2, 0) is 11.3 Å². The van der Waals surface area contributed by atoms with Crippen LogP contribution in [0.3, 0.4) is 0 Å². The average molecular weight is 412 g/mol. The molecule has 2 aliphatic rings. The van der Waals surface area contributed by atoms with Crippen molar-refractivity contribution < 1.29 is 9.90 Å². The molecular weight excluding hydrogens is 385 g/mol. The van der Waals surface area contributed by atoms with Crippen LogP contribution >= 0.6 is 24.8 Å². The number of piperazine rings is 1. The first-order chi connectivity index (χ1) is 12.2. The van der Waals surface area contributed by atoms with Gasteiger partial charge in [-0.3, -0.25) is 9.69 Å². The van der Waals surface area contributed by atoms with Gasteiger partial charge < -0.3 is 15.3 Å². The minimum atomic E-state index is -0.387. The molecule has 2 heterocycles. The quantitative estimate of drug-likeness (QED) is 0.811. The van der Waals surface area contributed by atoms with Crippen molar-refractivity contribution in [3.8, 4) is 0 Å². The molecule has 2 saturated heterocycles. The number of carbonyl (C=O) groups is 1. The minimum Gasteiger partial charge on any atom is -0.392 e. The molecule has 0 aliphatic carbocycles. The van der Waals surface area contributed by atoms with E-state index < -0.39 is 0 Å². The molecule has 2 fully saturated rings. The highest BCUT2D eigenvalue weighted by molar-refractivity contribution is 5.86. The minimum absolute atomic E-state index is 0. The zero-order valence-electron chi connectivity index (χ0n) is 15.2. The van der Waals surface area contributed by atoms with Gasteiger partial charge in [-0.2, -0.15) is 0 Å². The first-order valence-electron chi connectivity index (χ1n) is 9.10. The number of benzene rings is 2. The van der Waals surface area contributed by atoms with Crippen LogP contribution in [0.1, 0.15) is 12.0 Å². The molecule has 2 unspecified atom stereocenters. The zero-order valence-corrected chi connectivity index (χ0v) is 16.8. The Morgan fingerprint density at radius 3 is 2.44 bits per heavy atom. The Bertz CT molecular complexity index is 760. The van der Waals surface area contributed by atoms with Gasteiger partial charge in [-0.15, -0.1) is 24.8 Å². The van der Waals surface area contributed by atoms with Gasteiger partial charge in [-0.1, -0.05) is 42.5 Å². The molecule has 0 aromatic heterocycles. The Hall–Kier alpha value is -1.37. The van der Waals surface area contributed by atoms with Crippen molar-refractivity contribution in [1.82, 2.24) is 15.1 Å². The summed E-state index contributed by atoms with van der Waals surface area (Å²) in [6.45, 7) is 4.76. The number of rotatable bonds is 3. The lowest BCUT2D eigenvalue weighted by Gasteiger charge is -2.36. The van der Waals surface area contributed by atoms with Crippen molar-refractivity contribution in [3.05, 3.63) is 48.0 Å². The summed E-state index contributed by atoms with van der Waals surface area (Å²) in [5, 5.41) is 15.3. The maximum absolute atomic E-state index is 12.5. The predicted molar refractivity (Wildman–Crippen MR) is 113 cm³/mol. The van der Waals surface area contributed by atoms with E-state index in [1.165, 1.54) is 16.3 Å². The standard InChI is InChI=1S/C20H25N3O2.2ClH/c24-17-12-19(21-13-17)20(25)23-10-8-22(9-11-23)14-16-6-3-5-15-4-1-2-7-18(15)16;;/h1-7,17,19,21,24H,8-14H2;2*1H. The summed E-state index contributed by atoms with van der Waals surface area (Å²) in [6.07, 6.45) is 0.149. The smallest absolute Gasteiger partial charge is 0.239 e. The molecule has 1 amide bonds. The molecule has 2 atom stereocenters. The van der Waals surface area contributed by atoms with Crippen LogP contribution in [0.2, 0.25) is 0 Å². The molecule has 27 heavy (non-hydrogen) atoms. The summed E-state index contributed by atoms with van der Waals surface area (Å²) in [5.41, 5.74) is 1.35. The molecule has 2 aliphatic heterocycles. The van der Waals surface area contributed by atoms with Crippen LogP contribution in [0.25, 0.3) is 10.8 Å². The van der Waals surface area contributed by atoms with Gasteiger partial charge in [0.2, 0.25) is 5.91 Å². The lowest BCUT2D eigenvalue weighted by atomic mass is 10.0. The van der Waals surface area contributed by atoms with E-state index in [4.69, 9.17) is 0 Å². The molecule has 2 N–H and O–H groups in total. The van der Waals surface area contributed by atoms with Crippen LogP contribution < -0.4 is 5.32 Å². The average Bonchev–Trinajstić information content (AvgIpc) is 3.08. The van der Waals surface area contributed by atoms with E-state index in [-0.39, 0.29) is 42.9 Å². The van der Waals surface area contributed by atoms with Gasteiger partial charge in [0.1, 0.15) is 0 Å². The van der Waals surface area contributed by atoms with Crippen molar-refractivity contribution >= 4 is 41.5 Å². The van der Waals surface area contributed by atoms with Crippen molar-refractivity contribution in [2.24, 2.45) is 0 Å². The Labute approximate surface area is 172 Å². The van der Waals surface area contributed by atoms with Crippen LogP contribution in [0, 0.1) is 0 Å². The third-order valence-electron chi connectivity index (χ3n) is 5.36. The van der Waals surface area contributed by atoms with Gasteiger partial charge in [-0.25, -0.2) is 0 Å². The lowest BCUT2D eigenvalue weighted by Crippen LogP contribution is -2.52. The zero-order chi connectivity index (χ0) is 17.2. The largest absolute Gasteiger partial charge is 0.392 e. The molecule has 7 heteroatoms. The number of aliphatic hydroxyl groups excluding tert-OH is 1. The van der Waals surface area contributed by atoms with Gasteiger partial charge in [0.15, 0.2) is 0 Å². The first-order valence-corrected chi connectivity index (χ1v) is 9.10. The van der Waals surface area contributed by atoms with Crippen LogP contribution in [0.5, 0.6) is 0 Å². The fourth-order valence-electron chi connectivity index (χ4n) is 3.92. The third-order valence-corrected chi connectivity index (χ3v) is 5.36. The molecule has 4 rings (SSSR count). The molecule has 2 aromatic rings. The number of β-amino-alcohol motifs (C(OH)–C–C–N with tert-alkyl or cyclic N) is 1. The number of fused-ring (bicyclic) bond motifs is 1. The van der Waals surface area contributed by atoms with Gasteiger partial charge in [-0.05, 0) is 22.8 Å². The Balaban J connectivity index is 0.00000131. The number of nitrogens with zero attached hydrogens (tertiary/aromatic N) is 2. The second-order valence-electron chi connectivity index (χ2n) is 7.09. The van der Waals surface area contributed by atoms with Gasteiger partial charge in [0.05, 0.1) is 12.1 Å². The summed E-state index contributed by atoms with van der Waals surface area (Å²) >= 11 is 0. The maximum Gasteiger partial charge on any atom is 0.239 e. The molecule has 2 aromatic carbocycles. The fourth-order valence-corrected chi connectivity index (χ4v) is 3.92. The molecule has 0 bridgehead atoms. The summed E-state index contributed by atoms with van der Waals surface area (Å²) in [4.78, 5) is 16.9. The summed E-state index contributed by atoms with van der Waals surface area (Å²) in [6, 6.07) is 14.8. The van der Waals surface area contributed by atoms with Crippen molar-refractivity contribution in [2.75, 3.05) is 32.7 Å². The van der Waals surface area contributed by atoms with Gasteiger partial charge in [0.25, 0.3) is 0 Å². The summed E-state index contributed by atoms with van der Waals surface area (Å²) in [5.74, 6) is 0.140. The highest BCUT2D eigenvalue weighted by atomic mass is 35.5. The summed E-state index contributed by atoms with van der Waals surface area (Å²) < 4.78 is 0. The fraction of sp³-hybridized carbons (Fsp3) is 0.450. The van der Waals surface area contributed by atoms with Crippen LogP contribution in [0.15, 0.2) is 42.5 Å². The van der Waals surface area contributed by atoms with E-state index in [1.54, 1.807) is 0 Å². The van der Waals surface area contributed by atoms with Crippen LogP contribution in [-0.4, -0.2) is 65.7 Å². The van der Waals surface area contributed by atoms with E-state index in [0.29, 0.717) is 13.0 Å². The van der Waals surface area contributed by atoms with Crippen molar-refractivity contribution in [1.29, 1.82) is 0 Å². The number of hydrogen-bond donors (Lipinski definition) is 2. The number of hydrogen-bond acceptors (Lipinski definition) is 4. The molecule has 148 valence electrons. The monoisotopic (exact) mass is 411 g/mol. The normalized spacial score (nSPS) is 22.9. The molecule has 0 saturated carbocycles. The number of aliphatic hydroxyl groups is 1. The van der Waals surface area contributed by atoms with E-state index in [1.807, 2.05) is 4.90 Å². The maximum atomic E-state index is 12.5. The molecule has 0 radical (unpaired) electrons. The highest BCUT2D eigenvalue weighted by Gasteiger charge is 2.32. The second-order valence-corrected chi connectivity index (χ2v) is 7.09. The van der Waals surface area contributed by atoms with Crippen molar-refractivity contribution in [2.45, 2.75) is 25.1 Å². The van der Waals surface area contributed by atoms with E-state index in [0.717, 1.165) is 32.7 Å². The Kier molecular flexibility index (Phi) is 7.89. The number of amides is 1. The summed E-state index contributed by atoms with van der Waals surface area (Å²) in [7, 11) is 0. The predicted octanol–water partition coefficient (Wildman–Crippen LogP) is 2.05. The number of nitrogens with one attached hydrogen (secondary N) is 1. The van der Waals surface area contributed by atoms with Gasteiger partial charge >= 0.3 is 0 Å². The lowest BCUT2D eigenvalue weighted by molar-refractivity contribution is -0.135. The van der Waals surface area contributed by atoms with Gasteiger partial charge in [0, 0.05) is 39.3 Å². The molecule has 0 spiro atoms. The van der Waals surface area contributed by atoms with E-state index >= 15 is 0 Å². The topological polar surface area (TPSA) is 55.8 Å². The Morgan fingerprint density at radius 2 is 1.74 bits per heavy atom. The highest BCUT2D eigenvalue weighted by Crippen LogP contribution is 2.21. The number of halogens is 2. The van der Waals surface area contributed by atoms with Crippen LogP contribution in [0.4, 0.5) is 0 Å². The molecule has 5 nitrogen and oxygen atoms in total. The Morgan fingerprint density at radius 1 is 1.04 bits per heavy atom. The molecular formula is C20H27Cl2N3O2. The SMILES string of the molecule is Cl.Cl.O=C(C1CC(O)CN1)N1CCN(Cc2cccc3ccccc23)CC1. The van der Waals surface area contributed by atoms with E-state index in [2.05, 4.69) is 52.7 Å². The van der Waals surface area contributed by atoms with E-state index in [9.17, 15) is 9.90 Å². The first kappa shape index (κ1) is 21.9. The number of carbonyl (C=O) groups excluding carboxylic acids is 1. The third kappa shape index (κ3) is 4.92.